The molecule has 5 nitrogen and oxygen atoms in total. The molecule has 0 N–H and O–H groups in total. The van der Waals surface area contributed by atoms with Gasteiger partial charge in [-0.2, -0.15) is 0 Å². The maximum absolute atomic E-state index is 13.5. The molecule has 1 aliphatic heterocycles. The van der Waals surface area contributed by atoms with Gasteiger partial charge in [0.2, 0.25) is 0 Å². The Kier molecular flexibility index (Phi) is 3.53. The molecule has 25 heavy (non-hydrogen) atoms. The molecule has 0 radical (unpaired) electrons. The zero-order valence-corrected chi connectivity index (χ0v) is 13.5. The van der Waals surface area contributed by atoms with Gasteiger partial charge in [0.1, 0.15) is 24.3 Å². The van der Waals surface area contributed by atoms with Crippen molar-refractivity contribution in [1.82, 2.24) is 4.57 Å². The first-order chi connectivity index (χ1) is 12.1. The third-order valence-electron chi connectivity index (χ3n) is 4.36. The lowest BCUT2D eigenvalue weighted by atomic mass is 10.2. The normalized spacial score (nSPS) is 16.3. The monoisotopic (exact) mass is 338 g/mol. The summed E-state index contributed by atoms with van der Waals surface area (Å²) in [6.45, 7) is 1.75. The van der Waals surface area contributed by atoms with Gasteiger partial charge in [-0.25, -0.2) is 9.18 Å². The van der Waals surface area contributed by atoms with Crippen LogP contribution in [0.4, 0.5) is 15.0 Å². The minimum absolute atomic E-state index is 0.117. The summed E-state index contributed by atoms with van der Waals surface area (Å²) in [6, 6.07) is 14.5. The molecule has 6 heteroatoms. The van der Waals surface area contributed by atoms with E-state index < -0.39 is 18.0 Å². The van der Waals surface area contributed by atoms with Crippen LogP contribution in [0.2, 0.25) is 0 Å². The van der Waals surface area contributed by atoms with Gasteiger partial charge >= 0.3 is 6.09 Å². The van der Waals surface area contributed by atoms with Crippen LogP contribution in [-0.2, 0) is 11.3 Å². The lowest BCUT2D eigenvalue weighted by molar-refractivity contribution is 0.0904. The van der Waals surface area contributed by atoms with Crippen LogP contribution in [0.15, 0.2) is 54.6 Å². The van der Waals surface area contributed by atoms with Gasteiger partial charge in [-0.1, -0.05) is 30.3 Å². The molecule has 0 saturated carbocycles. The Balaban J connectivity index is 1.66. The molecule has 4 rings (SSSR count). The van der Waals surface area contributed by atoms with E-state index in [1.807, 2.05) is 30.3 Å². The van der Waals surface area contributed by atoms with E-state index in [1.54, 1.807) is 19.1 Å². The van der Waals surface area contributed by atoms with Crippen LogP contribution in [0.1, 0.15) is 17.3 Å². The van der Waals surface area contributed by atoms with Crippen molar-refractivity contribution < 1.29 is 18.7 Å². The highest BCUT2D eigenvalue weighted by Crippen LogP contribution is 2.34. The van der Waals surface area contributed by atoms with Gasteiger partial charge in [0.05, 0.1) is 5.52 Å². The van der Waals surface area contributed by atoms with E-state index in [0.717, 1.165) is 5.56 Å². The molecular weight excluding hydrogens is 323 g/mol. The summed E-state index contributed by atoms with van der Waals surface area (Å²) in [4.78, 5) is 26.4. The van der Waals surface area contributed by atoms with Crippen molar-refractivity contribution in [3.05, 3.63) is 66.0 Å². The maximum Gasteiger partial charge on any atom is 0.416 e. The summed E-state index contributed by atoms with van der Waals surface area (Å²) in [7, 11) is 0. The predicted octanol–water partition coefficient (Wildman–Crippen LogP) is 3.97. The molecule has 2 aromatic carbocycles. The molecule has 3 aromatic rings. The van der Waals surface area contributed by atoms with Gasteiger partial charge in [-0.05, 0) is 36.8 Å². The van der Waals surface area contributed by atoms with Crippen LogP contribution in [0.3, 0.4) is 0 Å². The van der Waals surface area contributed by atoms with Crippen molar-refractivity contribution in [1.29, 1.82) is 0 Å². The molecule has 0 spiro atoms. The number of aromatic nitrogens is 1. The van der Waals surface area contributed by atoms with Crippen LogP contribution in [0.5, 0.6) is 0 Å². The minimum atomic E-state index is -0.703. The number of carbonyl (C=O) groups is 2. The molecule has 2 heterocycles. The SMILES string of the molecule is C[C@H]1C(=O)n2c(cc3ccc(F)cc32)N1C(=O)OCc1ccccc1. The Morgan fingerprint density at radius 3 is 2.68 bits per heavy atom. The van der Waals surface area contributed by atoms with Crippen molar-refractivity contribution in [3.8, 4) is 0 Å². The quantitative estimate of drug-likeness (QED) is 0.710. The van der Waals surface area contributed by atoms with Gasteiger partial charge in [-0.3, -0.25) is 14.3 Å². The minimum Gasteiger partial charge on any atom is -0.444 e. The highest BCUT2D eigenvalue weighted by molar-refractivity contribution is 6.10. The van der Waals surface area contributed by atoms with Crippen LogP contribution >= 0.6 is 0 Å². The second-order valence-electron chi connectivity index (χ2n) is 5.97. The number of benzene rings is 2. The smallest absolute Gasteiger partial charge is 0.416 e. The van der Waals surface area contributed by atoms with Crippen molar-refractivity contribution in [2.75, 3.05) is 4.90 Å². The van der Waals surface area contributed by atoms with Crippen molar-refractivity contribution in [2.24, 2.45) is 0 Å². The molecular formula is C19H15FN2O3. The first-order valence-electron chi connectivity index (χ1n) is 7.91. The summed E-state index contributed by atoms with van der Waals surface area (Å²) >= 11 is 0. The number of halogens is 1. The zero-order chi connectivity index (χ0) is 17.6. The molecule has 1 aliphatic rings. The molecule has 0 aliphatic carbocycles. The topological polar surface area (TPSA) is 51.5 Å². The summed E-state index contributed by atoms with van der Waals surface area (Å²) in [5.74, 6) is -0.317. The van der Waals surface area contributed by atoms with E-state index in [4.69, 9.17) is 4.74 Å². The molecule has 0 fully saturated rings. The maximum atomic E-state index is 13.5. The number of ether oxygens (including phenoxy) is 1. The summed E-state index contributed by atoms with van der Waals surface area (Å²) in [6.07, 6.45) is -0.605. The van der Waals surface area contributed by atoms with E-state index in [0.29, 0.717) is 16.7 Å². The Hall–Kier alpha value is -3.15. The number of hydrogen-bond acceptors (Lipinski definition) is 3. The average Bonchev–Trinajstić information content (AvgIpc) is 3.09. The van der Waals surface area contributed by atoms with Gasteiger partial charge < -0.3 is 4.74 Å². The number of amides is 1. The fourth-order valence-corrected chi connectivity index (χ4v) is 3.10. The van der Waals surface area contributed by atoms with E-state index in [1.165, 1.54) is 21.6 Å². The highest BCUT2D eigenvalue weighted by Gasteiger charge is 2.40. The van der Waals surface area contributed by atoms with Crippen molar-refractivity contribution >= 4 is 28.7 Å². The Labute approximate surface area is 143 Å². The lowest BCUT2D eigenvalue weighted by Crippen LogP contribution is -2.38. The summed E-state index contributed by atoms with van der Waals surface area (Å²) in [5.41, 5.74) is 1.31. The Bertz CT molecular complexity index is 981. The van der Waals surface area contributed by atoms with Crippen LogP contribution in [0.25, 0.3) is 10.9 Å². The predicted molar refractivity (Wildman–Crippen MR) is 91.1 cm³/mol. The van der Waals surface area contributed by atoms with E-state index >= 15 is 0 Å². The molecule has 1 atom stereocenters. The molecule has 126 valence electrons. The molecule has 0 saturated heterocycles. The number of nitrogens with zero attached hydrogens (tertiary/aromatic N) is 2. The van der Waals surface area contributed by atoms with Gasteiger partial charge in [0, 0.05) is 5.39 Å². The number of carbonyl (C=O) groups excluding carboxylic acids is 2. The van der Waals surface area contributed by atoms with Crippen molar-refractivity contribution in [2.45, 2.75) is 19.6 Å². The first-order valence-corrected chi connectivity index (χ1v) is 7.91. The summed E-state index contributed by atoms with van der Waals surface area (Å²) in [5, 5.41) is 0.692. The Morgan fingerprint density at radius 1 is 1.16 bits per heavy atom. The molecule has 0 bridgehead atoms. The Morgan fingerprint density at radius 2 is 1.92 bits per heavy atom. The largest absolute Gasteiger partial charge is 0.444 e. The van der Waals surface area contributed by atoms with Crippen LogP contribution in [0, 0.1) is 5.82 Å². The van der Waals surface area contributed by atoms with Gasteiger partial charge in [-0.15, -0.1) is 0 Å². The number of fused-ring (bicyclic) bond motifs is 3. The number of anilines is 1. The molecule has 0 unspecified atom stereocenters. The number of rotatable bonds is 2. The van der Waals surface area contributed by atoms with Gasteiger partial charge in [0.25, 0.3) is 5.91 Å². The average molecular weight is 338 g/mol. The second-order valence-corrected chi connectivity index (χ2v) is 5.97. The van der Waals surface area contributed by atoms with Crippen LogP contribution in [-0.4, -0.2) is 22.6 Å². The second kappa shape index (κ2) is 5.73. The zero-order valence-electron chi connectivity index (χ0n) is 13.5. The standard InChI is InChI=1S/C19H15FN2O3/c1-12-18(23)22-16-10-15(20)8-7-14(16)9-17(22)21(12)19(24)25-11-13-5-3-2-4-6-13/h2-10,12H,11H2,1H3/t12-/m0/s1. The van der Waals surface area contributed by atoms with Crippen LogP contribution < -0.4 is 4.90 Å². The third-order valence-corrected chi connectivity index (χ3v) is 4.36. The van der Waals surface area contributed by atoms with E-state index in [2.05, 4.69) is 0 Å². The van der Waals surface area contributed by atoms with Gasteiger partial charge in [0.15, 0.2) is 0 Å². The molecule has 1 amide bonds. The van der Waals surface area contributed by atoms with E-state index in [-0.39, 0.29) is 12.5 Å². The first kappa shape index (κ1) is 15.4. The highest BCUT2D eigenvalue weighted by atomic mass is 19.1. The van der Waals surface area contributed by atoms with E-state index in [9.17, 15) is 14.0 Å². The summed E-state index contributed by atoms with van der Waals surface area (Å²) < 4.78 is 20.3. The molecule has 1 aromatic heterocycles. The fraction of sp³-hybridized carbons (Fsp3) is 0.158. The lowest BCUT2D eigenvalue weighted by Gasteiger charge is -2.19. The van der Waals surface area contributed by atoms with Crippen molar-refractivity contribution in [3.63, 3.8) is 0 Å². The number of hydrogen-bond donors (Lipinski definition) is 0. The third kappa shape index (κ3) is 2.46. The fourth-order valence-electron chi connectivity index (χ4n) is 3.10.